The molecule has 0 rings (SSSR count). The van der Waals surface area contributed by atoms with Gasteiger partial charge in [-0.3, -0.25) is 9.59 Å². The van der Waals surface area contributed by atoms with Crippen LogP contribution in [0.15, 0.2) is 0 Å². The lowest BCUT2D eigenvalue weighted by atomic mass is 10.3. The van der Waals surface area contributed by atoms with Crippen molar-refractivity contribution in [2.45, 2.75) is 31.1 Å². The van der Waals surface area contributed by atoms with E-state index in [1.807, 2.05) is 0 Å². The molecule has 0 saturated heterocycles. The van der Waals surface area contributed by atoms with Crippen molar-refractivity contribution in [1.82, 2.24) is 0 Å². The Kier molecular flexibility index (Phi) is 5.87. The number of halogens is 9. The van der Waals surface area contributed by atoms with Crippen LogP contribution >= 0.6 is 0 Å². The van der Waals surface area contributed by atoms with Crippen molar-refractivity contribution in [3.8, 4) is 0 Å². The molecule has 0 aromatic heterocycles. The summed E-state index contributed by atoms with van der Waals surface area (Å²) in [5.74, 6) is -4.32. The third-order valence-corrected chi connectivity index (χ3v) is 1.53. The highest BCUT2D eigenvalue weighted by Gasteiger charge is 2.59. The van der Waals surface area contributed by atoms with Gasteiger partial charge >= 0.3 is 30.5 Å². The normalized spacial score (nSPS) is 13.2. The Hall–Kier alpha value is -1.69. The first-order valence-electron chi connectivity index (χ1n) is 4.68. The molecular weight excluding hydrogens is 331 g/mol. The summed E-state index contributed by atoms with van der Waals surface area (Å²) in [5.41, 5.74) is 0. The highest BCUT2D eigenvalue weighted by atomic mass is 19.4. The van der Waals surface area contributed by atoms with Crippen LogP contribution in [0, 0.1) is 0 Å². The van der Waals surface area contributed by atoms with E-state index in [1.165, 1.54) is 0 Å². The number of esters is 2. The molecular formula is C8H5F9O4. The van der Waals surface area contributed by atoms with Gasteiger partial charge in [-0.1, -0.05) is 0 Å². The van der Waals surface area contributed by atoms with E-state index in [2.05, 4.69) is 9.47 Å². The molecule has 0 aliphatic heterocycles. The SMILES string of the molecule is O=C(CC(=O)OC(C(F)(F)F)C(F)(F)F)OCC(F)(F)F. The molecule has 0 radical (unpaired) electrons. The Labute approximate surface area is 109 Å². The first-order chi connectivity index (χ1) is 9.13. The zero-order valence-electron chi connectivity index (χ0n) is 9.53. The molecule has 0 aromatic rings. The van der Waals surface area contributed by atoms with Gasteiger partial charge in [0, 0.05) is 0 Å². The largest absolute Gasteiger partial charge is 0.456 e. The number of ether oxygens (including phenoxy) is 2. The molecule has 124 valence electrons. The summed E-state index contributed by atoms with van der Waals surface area (Å²) in [6.45, 7) is -2.15. The molecule has 0 aromatic carbocycles. The Morgan fingerprint density at radius 2 is 1.24 bits per heavy atom. The van der Waals surface area contributed by atoms with Crippen molar-refractivity contribution < 1.29 is 58.6 Å². The molecule has 0 N–H and O–H groups in total. The Balaban J connectivity index is 4.57. The number of alkyl halides is 9. The standard InChI is InChI=1S/C8H5F9O4/c9-6(10,11)2-20-3(18)1-4(19)21-5(7(12,13)14)8(15,16)17/h5H,1-2H2. The predicted molar refractivity (Wildman–Crippen MR) is 43.6 cm³/mol. The number of carbonyl (C=O) groups excluding carboxylic acids is 2. The van der Waals surface area contributed by atoms with Crippen molar-refractivity contribution in [1.29, 1.82) is 0 Å². The fraction of sp³-hybridized carbons (Fsp3) is 0.750. The predicted octanol–water partition coefficient (Wildman–Crippen LogP) is 2.52. The van der Waals surface area contributed by atoms with Crippen molar-refractivity contribution in [2.75, 3.05) is 6.61 Å². The van der Waals surface area contributed by atoms with Crippen LogP contribution in [-0.2, 0) is 19.1 Å². The monoisotopic (exact) mass is 336 g/mol. The molecule has 0 spiro atoms. The van der Waals surface area contributed by atoms with Crippen LogP contribution in [0.2, 0.25) is 0 Å². The molecule has 21 heavy (non-hydrogen) atoms. The maximum atomic E-state index is 12.0. The van der Waals surface area contributed by atoms with E-state index in [-0.39, 0.29) is 0 Å². The third-order valence-electron chi connectivity index (χ3n) is 1.53. The average Bonchev–Trinajstić information content (AvgIpc) is 2.19. The Morgan fingerprint density at radius 1 is 0.810 bits per heavy atom. The van der Waals surface area contributed by atoms with Crippen molar-refractivity contribution in [3.05, 3.63) is 0 Å². The van der Waals surface area contributed by atoms with E-state index in [0.29, 0.717) is 0 Å². The minimum absolute atomic E-state index is 1.83. The lowest BCUT2D eigenvalue weighted by molar-refractivity contribution is -0.313. The van der Waals surface area contributed by atoms with E-state index in [9.17, 15) is 49.1 Å². The molecule has 0 amide bonds. The molecule has 0 atom stereocenters. The first-order valence-corrected chi connectivity index (χ1v) is 4.68. The van der Waals surface area contributed by atoms with Crippen LogP contribution in [0.5, 0.6) is 0 Å². The van der Waals surface area contributed by atoms with Gasteiger partial charge in [0.2, 0.25) is 0 Å². The molecule has 13 heteroatoms. The lowest BCUT2D eigenvalue weighted by Crippen LogP contribution is -2.45. The maximum absolute atomic E-state index is 12.0. The zero-order valence-corrected chi connectivity index (χ0v) is 9.53. The quantitative estimate of drug-likeness (QED) is 0.450. The Bertz CT molecular complexity index is 367. The second-order valence-electron chi connectivity index (χ2n) is 3.41. The molecule has 0 heterocycles. The van der Waals surface area contributed by atoms with Crippen molar-refractivity contribution in [3.63, 3.8) is 0 Å². The van der Waals surface area contributed by atoms with Gasteiger partial charge in [-0.15, -0.1) is 0 Å². The minimum Gasteiger partial charge on any atom is -0.456 e. The van der Waals surface area contributed by atoms with E-state index in [4.69, 9.17) is 0 Å². The number of carbonyl (C=O) groups is 2. The fourth-order valence-electron chi connectivity index (χ4n) is 0.824. The summed E-state index contributed by atoms with van der Waals surface area (Å²) in [7, 11) is 0. The van der Waals surface area contributed by atoms with Crippen LogP contribution in [-0.4, -0.2) is 43.2 Å². The number of rotatable bonds is 4. The van der Waals surface area contributed by atoms with Gasteiger partial charge in [-0.25, -0.2) is 0 Å². The van der Waals surface area contributed by atoms with Crippen molar-refractivity contribution in [2.24, 2.45) is 0 Å². The summed E-state index contributed by atoms with van der Waals surface area (Å²) in [6, 6.07) is 0. The molecule has 4 nitrogen and oxygen atoms in total. The topological polar surface area (TPSA) is 52.6 Å². The zero-order chi connectivity index (χ0) is 17.1. The Morgan fingerprint density at radius 3 is 1.57 bits per heavy atom. The summed E-state index contributed by atoms with van der Waals surface area (Å²) < 4.78 is 113. The summed E-state index contributed by atoms with van der Waals surface area (Å²) in [6.07, 6.45) is -23.3. The van der Waals surface area contributed by atoms with Gasteiger partial charge < -0.3 is 9.47 Å². The maximum Gasteiger partial charge on any atom is 0.434 e. The second kappa shape index (κ2) is 6.39. The van der Waals surface area contributed by atoms with Gasteiger partial charge in [0.1, 0.15) is 6.42 Å². The van der Waals surface area contributed by atoms with E-state index in [1.54, 1.807) is 0 Å². The fourth-order valence-corrected chi connectivity index (χ4v) is 0.824. The smallest absolute Gasteiger partial charge is 0.434 e. The minimum atomic E-state index is -6.00. The summed E-state index contributed by atoms with van der Waals surface area (Å²) in [4.78, 5) is 21.3. The van der Waals surface area contributed by atoms with Gasteiger partial charge in [0.05, 0.1) is 0 Å². The lowest BCUT2D eigenvalue weighted by Gasteiger charge is -2.22. The second-order valence-corrected chi connectivity index (χ2v) is 3.41. The molecule has 0 aliphatic carbocycles. The van der Waals surface area contributed by atoms with Gasteiger partial charge in [0.25, 0.3) is 6.10 Å². The molecule has 0 aliphatic rings. The van der Waals surface area contributed by atoms with Crippen molar-refractivity contribution >= 4 is 11.9 Å². The molecule has 0 unspecified atom stereocenters. The van der Waals surface area contributed by atoms with E-state index >= 15 is 0 Å². The molecule has 0 saturated carbocycles. The molecule has 0 bridgehead atoms. The van der Waals surface area contributed by atoms with Gasteiger partial charge in [-0.05, 0) is 0 Å². The van der Waals surface area contributed by atoms with E-state index in [0.717, 1.165) is 0 Å². The van der Waals surface area contributed by atoms with Crippen LogP contribution in [0.25, 0.3) is 0 Å². The number of hydrogen-bond acceptors (Lipinski definition) is 4. The van der Waals surface area contributed by atoms with Gasteiger partial charge in [0.15, 0.2) is 6.61 Å². The highest BCUT2D eigenvalue weighted by molar-refractivity contribution is 5.91. The van der Waals surface area contributed by atoms with Crippen LogP contribution < -0.4 is 0 Å². The van der Waals surface area contributed by atoms with Crippen LogP contribution in [0.4, 0.5) is 39.5 Å². The van der Waals surface area contributed by atoms with Crippen LogP contribution in [0.1, 0.15) is 6.42 Å². The first kappa shape index (κ1) is 19.3. The summed E-state index contributed by atoms with van der Waals surface area (Å²) in [5, 5.41) is 0. The third kappa shape index (κ3) is 8.24. The van der Waals surface area contributed by atoms with Crippen LogP contribution in [0.3, 0.4) is 0 Å². The van der Waals surface area contributed by atoms with E-state index < -0.39 is 49.6 Å². The average molecular weight is 336 g/mol. The van der Waals surface area contributed by atoms with Gasteiger partial charge in [-0.2, -0.15) is 39.5 Å². The highest BCUT2D eigenvalue weighted by Crippen LogP contribution is 2.35. The summed E-state index contributed by atoms with van der Waals surface area (Å²) >= 11 is 0. The molecule has 0 fully saturated rings. The number of hydrogen-bond donors (Lipinski definition) is 0.